The quantitative estimate of drug-likeness (QED) is 0.467. The Morgan fingerprint density at radius 2 is 2.06 bits per heavy atom. The first-order chi connectivity index (χ1) is 8.20. The van der Waals surface area contributed by atoms with Gasteiger partial charge in [-0.25, -0.2) is 4.79 Å². The van der Waals surface area contributed by atoms with Crippen molar-refractivity contribution in [1.29, 1.82) is 0 Å². The number of ether oxygens (including phenoxy) is 1. The van der Waals surface area contributed by atoms with Crippen LogP contribution in [0.2, 0.25) is 0 Å². The first-order valence-corrected chi connectivity index (χ1v) is 6.22. The molecule has 0 saturated carbocycles. The van der Waals surface area contributed by atoms with Crippen molar-refractivity contribution in [3.63, 3.8) is 0 Å². The lowest BCUT2D eigenvalue weighted by atomic mass is 10.1. The fourth-order valence-corrected chi connectivity index (χ4v) is 1.97. The van der Waals surface area contributed by atoms with E-state index in [1.54, 1.807) is 13.0 Å². The summed E-state index contributed by atoms with van der Waals surface area (Å²) in [5.41, 5.74) is 1.55. The Morgan fingerprint density at radius 3 is 2.59 bits per heavy atom. The molecule has 1 rings (SSSR count). The number of rotatable bonds is 5. The van der Waals surface area contributed by atoms with Gasteiger partial charge in [-0.2, -0.15) is 0 Å². The van der Waals surface area contributed by atoms with Gasteiger partial charge < -0.3 is 4.74 Å². The Bertz CT molecular complexity index is 421. The predicted molar refractivity (Wildman–Crippen MR) is 73.7 cm³/mol. The molecule has 0 amide bonds. The van der Waals surface area contributed by atoms with Gasteiger partial charge in [0.25, 0.3) is 0 Å². The van der Waals surface area contributed by atoms with Gasteiger partial charge in [0.15, 0.2) is 0 Å². The number of hydrogen-bond donors (Lipinski definition) is 0. The van der Waals surface area contributed by atoms with Gasteiger partial charge in [0.05, 0.1) is 12.2 Å². The molecule has 90 valence electrons. The molecule has 0 fully saturated rings. The summed E-state index contributed by atoms with van der Waals surface area (Å²) in [6, 6.07) is 9.65. The summed E-state index contributed by atoms with van der Waals surface area (Å²) in [5, 5.41) is 0. The number of benzene rings is 1. The lowest BCUT2D eigenvalue weighted by Gasteiger charge is -2.08. The number of halogens is 1. The van der Waals surface area contributed by atoms with Gasteiger partial charge in [-0.15, -0.1) is 6.58 Å². The average Bonchev–Trinajstić information content (AvgIpc) is 2.36. The minimum Gasteiger partial charge on any atom is -0.463 e. The van der Waals surface area contributed by atoms with Crippen LogP contribution in [0.5, 0.6) is 0 Å². The molecule has 0 radical (unpaired) electrons. The summed E-state index contributed by atoms with van der Waals surface area (Å²) in [5.74, 6) is -0.303. The second-order valence-electron chi connectivity index (χ2n) is 3.37. The molecule has 17 heavy (non-hydrogen) atoms. The van der Waals surface area contributed by atoms with Crippen LogP contribution in [0, 0.1) is 0 Å². The number of carbonyl (C=O) groups excluding carboxylic acids is 1. The molecule has 0 aliphatic heterocycles. The van der Waals surface area contributed by atoms with E-state index in [1.165, 1.54) is 0 Å². The SMILES string of the molecule is C=CC/C(C(=O)OCC)=C(\Br)c1ccccc1. The fraction of sp³-hybridized carbons (Fsp3) is 0.214. The lowest BCUT2D eigenvalue weighted by molar-refractivity contribution is -0.138. The molecular formula is C14H15BrO2. The highest BCUT2D eigenvalue weighted by molar-refractivity contribution is 9.15. The van der Waals surface area contributed by atoms with Gasteiger partial charge in [-0.3, -0.25) is 0 Å². The molecule has 1 aromatic carbocycles. The van der Waals surface area contributed by atoms with Crippen LogP contribution in [0.15, 0.2) is 48.6 Å². The van der Waals surface area contributed by atoms with Crippen LogP contribution in [0.4, 0.5) is 0 Å². The average molecular weight is 295 g/mol. The molecule has 0 aliphatic carbocycles. The van der Waals surface area contributed by atoms with Gasteiger partial charge in [0, 0.05) is 4.48 Å². The normalized spacial score (nSPS) is 11.6. The van der Waals surface area contributed by atoms with Gasteiger partial charge in [-0.1, -0.05) is 36.4 Å². The Morgan fingerprint density at radius 1 is 1.41 bits per heavy atom. The molecule has 2 nitrogen and oxygen atoms in total. The Hall–Kier alpha value is -1.35. The third-order valence-electron chi connectivity index (χ3n) is 2.16. The second-order valence-corrected chi connectivity index (χ2v) is 4.16. The largest absolute Gasteiger partial charge is 0.463 e. The zero-order valence-corrected chi connectivity index (χ0v) is 11.4. The van der Waals surface area contributed by atoms with Crippen LogP contribution >= 0.6 is 15.9 Å². The van der Waals surface area contributed by atoms with Gasteiger partial charge in [0.1, 0.15) is 0 Å². The summed E-state index contributed by atoms with van der Waals surface area (Å²) >= 11 is 3.46. The highest BCUT2D eigenvalue weighted by atomic mass is 79.9. The topological polar surface area (TPSA) is 26.3 Å². The summed E-state index contributed by atoms with van der Waals surface area (Å²) in [4.78, 5) is 11.8. The molecule has 0 saturated heterocycles. The zero-order chi connectivity index (χ0) is 12.7. The molecule has 0 aliphatic rings. The maximum Gasteiger partial charge on any atom is 0.335 e. The maximum atomic E-state index is 11.8. The minimum absolute atomic E-state index is 0.303. The van der Waals surface area contributed by atoms with Crippen molar-refractivity contribution in [1.82, 2.24) is 0 Å². The number of carbonyl (C=O) groups is 1. The van der Waals surface area contributed by atoms with Crippen molar-refractivity contribution in [2.75, 3.05) is 6.61 Å². The third-order valence-corrected chi connectivity index (χ3v) is 3.10. The second kappa shape index (κ2) is 7.07. The molecule has 0 spiro atoms. The highest BCUT2D eigenvalue weighted by Gasteiger charge is 2.14. The van der Waals surface area contributed by atoms with Crippen molar-refractivity contribution in [3.05, 3.63) is 54.1 Å². The number of hydrogen-bond acceptors (Lipinski definition) is 2. The van der Waals surface area contributed by atoms with Crippen LogP contribution in [0.25, 0.3) is 4.48 Å². The molecule has 0 aromatic heterocycles. The fourth-order valence-electron chi connectivity index (χ4n) is 1.38. The Labute approximate surface area is 110 Å². The van der Waals surface area contributed by atoms with E-state index in [-0.39, 0.29) is 5.97 Å². The van der Waals surface area contributed by atoms with Crippen molar-refractivity contribution < 1.29 is 9.53 Å². The van der Waals surface area contributed by atoms with Crippen LogP contribution in [0.1, 0.15) is 18.9 Å². The van der Waals surface area contributed by atoms with E-state index in [9.17, 15) is 4.79 Å². The minimum atomic E-state index is -0.303. The molecule has 0 heterocycles. The van der Waals surface area contributed by atoms with Crippen molar-refractivity contribution >= 4 is 26.4 Å². The smallest absolute Gasteiger partial charge is 0.335 e. The van der Waals surface area contributed by atoms with E-state index >= 15 is 0 Å². The van der Waals surface area contributed by atoms with Crippen LogP contribution in [-0.2, 0) is 9.53 Å². The third kappa shape index (κ3) is 3.86. The predicted octanol–water partition coefficient (Wildman–Crippen LogP) is 3.93. The molecule has 0 atom stereocenters. The first-order valence-electron chi connectivity index (χ1n) is 5.42. The maximum absolute atomic E-state index is 11.8. The number of esters is 1. The summed E-state index contributed by atoms with van der Waals surface area (Å²) in [6.45, 7) is 5.82. The van der Waals surface area contributed by atoms with E-state index < -0.39 is 0 Å². The zero-order valence-electron chi connectivity index (χ0n) is 9.78. The lowest BCUT2D eigenvalue weighted by Crippen LogP contribution is -2.08. The summed E-state index contributed by atoms with van der Waals surface area (Å²) in [7, 11) is 0. The van der Waals surface area contributed by atoms with E-state index in [2.05, 4.69) is 22.5 Å². The van der Waals surface area contributed by atoms with Crippen molar-refractivity contribution in [2.24, 2.45) is 0 Å². The summed E-state index contributed by atoms with van der Waals surface area (Å²) in [6.07, 6.45) is 2.17. The molecule has 0 unspecified atom stereocenters. The van der Waals surface area contributed by atoms with Gasteiger partial charge >= 0.3 is 5.97 Å². The highest BCUT2D eigenvalue weighted by Crippen LogP contribution is 2.27. The van der Waals surface area contributed by atoms with E-state index in [0.717, 1.165) is 10.0 Å². The van der Waals surface area contributed by atoms with Crippen LogP contribution in [-0.4, -0.2) is 12.6 Å². The summed E-state index contributed by atoms with van der Waals surface area (Å²) < 4.78 is 5.79. The Balaban J connectivity index is 3.10. The van der Waals surface area contributed by atoms with E-state index in [4.69, 9.17) is 4.74 Å². The standard InChI is InChI=1S/C14H15BrO2/c1-3-8-12(14(16)17-4-2)13(15)11-9-6-5-7-10-11/h3,5-7,9-10H,1,4,8H2,2H3/b13-12+. The van der Waals surface area contributed by atoms with E-state index in [0.29, 0.717) is 18.6 Å². The van der Waals surface area contributed by atoms with E-state index in [1.807, 2.05) is 30.3 Å². The first kappa shape index (κ1) is 13.7. The van der Waals surface area contributed by atoms with Crippen molar-refractivity contribution in [2.45, 2.75) is 13.3 Å². The Kier molecular flexibility index (Phi) is 5.70. The molecule has 0 N–H and O–H groups in total. The molecule has 1 aromatic rings. The van der Waals surface area contributed by atoms with Crippen LogP contribution in [0.3, 0.4) is 0 Å². The number of allylic oxidation sites excluding steroid dienone is 1. The monoisotopic (exact) mass is 294 g/mol. The molecule has 3 heteroatoms. The molecule has 0 bridgehead atoms. The van der Waals surface area contributed by atoms with Crippen LogP contribution < -0.4 is 0 Å². The van der Waals surface area contributed by atoms with Gasteiger partial charge in [-0.05, 0) is 34.8 Å². The molecular weight excluding hydrogens is 280 g/mol. The van der Waals surface area contributed by atoms with Crippen molar-refractivity contribution in [3.8, 4) is 0 Å². The van der Waals surface area contributed by atoms with Gasteiger partial charge in [0.2, 0.25) is 0 Å².